The molecule has 1 atom stereocenters. The second kappa shape index (κ2) is 9.56. The van der Waals surface area contributed by atoms with Gasteiger partial charge in [-0.3, -0.25) is 9.69 Å². The number of fused-ring (bicyclic) bond motifs is 2. The highest BCUT2D eigenvalue weighted by molar-refractivity contribution is 5.98. The molecule has 2 N–H and O–H groups in total. The zero-order valence-corrected chi connectivity index (χ0v) is 18.4. The highest BCUT2D eigenvalue weighted by atomic mass is 16.5. The molecule has 5 rings (SSSR count). The SMILES string of the molecule is O=C1c2cc(Nc3ccnnc3)ccc2OCCN1C[C@@H](O)CN1CCc2ccccc2C1. The number of hydrogen-bond acceptors (Lipinski definition) is 7. The molecule has 0 fully saturated rings. The average Bonchev–Trinajstić information content (AvgIpc) is 2.98. The lowest BCUT2D eigenvalue weighted by atomic mass is 10.00. The minimum atomic E-state index is -0.634. The van der Waals surface area contributed by atoms with Crippen LogP contribution in [0.3, 0.4) is 0 Å². The smallest absolute Gasteiger partial charge is 0.257 e. The molecule has 0 saturated heterocycles. The van der Waals surface area contributed by atoms with Crippen molar-refractivity contribution in [1.82, 2.24) is 20.0 Å². The lowest BCUT2D eigenvalue weighted by Crippen LogP contribution is -2.44. The number of benzene rings is 2. The number of carbonyl (C=O) groups excluding carboxylic acids is 1. The maximum Gasteiger partial charge on any atom is 0.257 e. The van der Waals surface area contributed by atoms with Gasteiger partial charge in [0.2, 0.25) is 0 Å². The molecule has 1 aromatic heterocycles. The first-order valence-corrected chi connectivity index (χ1v) is 11.2. The van der Waals surface area contributed by atoms with Gasteiger partial charge in [0.15, 0.2) is 0 Å². The van der Waals surface area contributed by atoms with Gasteiger partial charge >= 0.3 is 0 Å². The summed E-state index contributed by atoms with van der Waals surface area (Å²) in [5.41, 5.74) is 4.72. The molecule has 1 amide bonds. The van der Waals surface area contributed by atoms with E-state index in [1.54, 1.807) is 35.5 Å². The zero-order valence-electron chi connectivity index (χ0n) is 18.4. The van der Waals surface area contributed by atoms with Gasteiger partial charge in [-0.05, 0) is 41.8 Å². The first-order valence-electron chi connectivity index (χ1n) is 11.2. The summed E-state index contributed by atoms with van der Waals surface area (Å²) in [5.74, 6) is 0.421. The molecule has 8 heteroatoms. The maximum atomic E-state index is 13.3. The molecule has 0 bridgehead atoms. The molecule has 8 nitrogen and oxygen atoms in total. The topological polar surface area (TPSA) is 90.8 Å². The number of carbonyl (C=O) groups is 1. The van der Waals surface area contributed by atoms with Crippen LogP contribution in [0.25, 0.3) is 0 Å². The summed E-state index contributed by atoms with van der Waals surface area (Å²) in [6, 6.07) is 15.7. The molecule has 0 spiro atoms. The second-order valence-corrected chi connectivity index (χ2v) is 8.47. The number of rotatable bonds is 6. The van der Waals surface area contributed by atoms with E-state index in [9.17, 15) is 9.90 Å². The molecule has 0 unspecified atom stereocenters. The normalized spacial score (nSPS) is 16.9. The fourth-order valence-electron chi connectivity index (χ4n) is 4.46. The molecule has 3 aromatic rings. The molecule has 2 aromatic carbocycles. The molecule has 0 saturated carbocycles. The summed E-state index contributed by atoms with van der Waals surface area (Å²) in [4.78, 5) is 17.2. The van der Waals surface area contributed by atoms with E-state index in [-0.39, 0.29) is 12.5 Å². The number of amides is 1. The van der Waals surface area contributed by atoms with Crippen molar-refractivity contribution in [3.63, 3.8) is 0 Å². The van der Waals surface area contributed by atoms with E-state index in [1.165, 1.54) is 11.1 Å². The van der Waals surface area contributed by atoms with E-state index < -0.39 is 6.10 Å². The lowest BCUT2D eigenvalue weighted by molar-refractivity contribution is 0.0501. The van der Waals surface area contributed by atoms with Gasteiger partial charge in [-0.2, -0.15) is 10.2 Å². The van der Waals surface area contributed by atoms with Gasteiger partial charge in [0.1, 0.15) is 12.4 Å². The number of nitrogens with one attached hydrogen (secondary N) is 1. The van der Waals surface area contributed by atoms with Gasteiger partial charge in [0.25, 0.3) is 5.91 Å². The van der Waals surface area contributed by atoms with Crippen LogP contribution in [-0.2, 0) is 13.0 Å². The molecular formula is C25H27N5O3. The van der Waals surface area contributed by atoms with E-state index in [2.05, 4.69) is 44.7 Å². The summed E-state index contributed by atoms with van der Waals surface area (Å²) in [6.45, 7) is 3.36. The number of nitrogens with zero attached hydrogens (tertiary/aromatic N) is 4. The van der Waals surface area contributed by atoms with Crippen molar-refractivity contribution in [1.29, 1.82) is 0 Å². The van der Waals surface area contributed by atoms with Crippen molar-refractivity contribution >= 4 is 17.3 Å². The van der Waals surface area contributed by atoms with Crippen molar-refractivity contribution < 1.29 is 14.6 Å². The predicted octanol–water partition coefficient (Wildman–Crippen LogP) is 2.47. The fraction of sp³-hybridized carbons (Fsp3) is 0.320. The molecule has 2 aliphatic rings. The lowest BCUT2D eigenvalue weighted by Gasteiger charge is -2.32. The van der Waals surface area contributed by atoms with Crippen molar-refractivity contribution in [3.8, 4) is 5.75 Å². The van der Waals surface area contributed by atoms with Crippen LogP contribution in [-0.4, -0.2) is 69.9 Å². The van der Waals surface area contributed by atoms with Crippen LogP contribution in [0.2, 0.25) is 0 Å². The Kier molecular flexibility index (Phi) is 6.19. The van der Waals surface area contributed by atoms with E-state index in [0.717, 1.165) is 30.9 Å². The van der Waals surface area contributed by atoms with Crippen LogP contribution in [0, 0.1) is 0 Å². The molecular weight excluding hydrogens is 418 g/mol. The van der Waals surface area contributed by atoms with Crippen molar-refractivity contribution in [3.05, 3.63) is 77.6 Å². The third-order valence-electron chi connectivity index (χ3n) is 6.10. The predicted molar refractivity (Wildman–Crippen MR) is 125 cm³/mol. The molecule has 3 heterocycles. The Morgan fingerprint density at radius 2 is 1.91 bits per heavy atom. The molecule has 33 heavy (non-hydrogen) atoms. The molecule has 2 aliphatic heterocycles. The second-order valence-electron chi connectivity index (χ2n) is 8.47. The molecule has 170 valence electrons. The van der Waals surface area contributed by atoms with Crippen LogP contribution < -0.4 is 10.1 Å². The third-order valence-corrected chi connectivity index (χ3v) is 6.10. The Morgan fingerprint density at radius 1 is 1.03 bits per heavy atom. The minimum absolute atomic E-state index is 0.137. The quantitative estimate of drug-likeness (QED) is 0.602. The number of aliphatic hydroxyl groups is 1. The summed E-state index contributed by atoms with van der Waals surface area (Å²) < 4.78 is 5.82. The number of β-amino-alcohol motifs (C(OH)–C–C–N with tert-alkyl or cyclic N) is 1. The van der Waals surface area contributed by atoms with Crippen LogP contribution in [0.15, 0.2) is 60.9 Å². The monoisotopic (exact) mass is 445 g/mol. The van der Waals surface area contributed by atoms with Crippen LogP contribution in [0.1, 0.15) is 21.5 Å². The van der Waals surface area contributed by atoms with E-state index in [4.69, 9.17) is 4.74 Å². The van der Waals surface area contributed by atoms with Gasteiger partial charge in [0, 0.05) is 31.9 Å². The maximum absolute atomic E-state index is 13.3. The number of hydrogen-bond donors (Lipinski definition) is 2. The minimum Gasteiger partial charge on any atom is -0.491 e. The number of ether oxygens (including phenoxy) is 1. The van der Waals surface area contributed by atoms with Gasteiger partial charge < -0.3 is 20.1 Å². The van der Waals surface area contributed by atoms with Crippen molar-refractivity contribution in [2.75, 3.05) is 38.1 Å². The van der Waals surface area contributed by atoms with Crippen molar-refractivity contribution in [2.45, 2.75) is 19.1 Å². The largest absolute Gasteiger partial charge is 0.491 e. The first kappa shape index (κ1) is 21.4. The van der Waals surface area contributed by atoms with Crippen molar-refractivity contribution in [2.24, 2.45) is 0 Å². The summed E-state index contributed by atoms with van der Waals surface area (Å²) in [6.07, 6.45) is 3.57. The Labute approximate surface area is 192 Å². The Balaban J connectivity index is 1.24. The van der Waals surface area contributed by atoms with Crippen LogP contribution in [0.4, 0.5) is 11.4 Å². The summed E-state index contributed by atoms with van der Waals surface area (Å²) >= 11 is 0. The average molecular weight is 446 g/mol. The van der Waals surface area contributed by atoms with Gasteiger partial charge in [-0.15, -0.1) is 0 Å². The zero-order chi connectivity index (χ0) is 22.6. The first-order chi connectivity index (χ1) is 16.2. The Morgan fingerprint density at radius 3 is 2.76 bits per heavy atom. The highest BCUT2D eigenvalue weighted by Crippen LogP contribution is 2.28. The summed E-state index contributed by atoms with van der Waals surface area (Å²) in [7, 11) is 0. The number of anilines is 2. The Hall–Kier alpha value is -3.49. The Bertz CT molecular complexity index is 1120. The van der Waals surface area contributed by atoms with E-state index in [0.29, 0.717) is 31.0 Å². The molecule has 0 aliphatic carbocycles. The summed E-state index contributed by atoms with van der Waals surface area (Å²) in [5, 5.41) is 21.7. The van der Waals surface area contributed by atoms with E-state index >= 15 is 0 Å². The number of aliphatic hydroxyl groups excluding tert-OH is 1. The highest BCUT2D eigenvalue weighted by Gasteiger charge is 2.27. The van der Waals surface area contributed by atoms with Gasteiger partial charge in [-0.1, -0.05) is 24.3 Å². The fourth-order valence-corrected chi connectivity index (χ4v) is 4.46. The van der Waals surface area contributed by atoms with E-state index in [1.807, 2.05) is 6.07 Å². The molecule has 0 radical (unpaired) electrons. The third kappa shape index (κ3) is 4.97. The van der Waals surface area contributed by atoms with Gasteiger partial charge in [-0.25, -0.2) is 0 Å². The number of aromatic nitrogens is 2. The van der Waals surface area contributed by atoms with Crippen LogP contribution in [0.5, 0.6) is 5.75 Å². The standard InChI is InChI=1S/C25H27N5O3/c31-22(16-29-10-8-18-3-1-2-4-19(18)15-29)17-30-11-12-33-24-6-5-20(13-23(24)25(30)32)28-21-7-9-26-27-14-21/h1-7,9,13-14,22,31H,8,10-12,15-17H2,(H,26,28)/t22-/m0/s1. The van der Waals surface area contributed by atoms with Crippen LogP contribution >= 0.6 is 0 Å². The van der Waals surface area contributed by atoms with Gasteiger partial charge in [0.05, 0.1) is 36.3 Å².